The van der Waals surface area contributed by atoms with Gasteiger partial charge in [-0.15, -0.1) is 0 Å². The van der Waals surface area contributed by atoms with E-state index in [-0.39, 0.29) is 17.7 Å². The molecule has 0 bridgehead atoms. The summed E-state index contributed by atoms with van der Waals surface area (Å²) in [5, 5.41) is 0.948. The van der Waals surface area contributed by atoms with Crippen molar-refractivity contribution in [1.82, 2.24) is 15.0 Å². The molecule has 1 aliphatic rings. The van der Waals surface area contributed by atoms with E-state index >= 15 is 0 Å². The molecule has 27 heavy (non-hydrogen) atoms. The normalized spacial score (nSPS) is 23.3. The number of anilines is 1. The highest BCUT2D eigenvalue weighted by Crippen LogP contribution is 2.32. The third-order valence-corrected chi connectivity index (χ3v) is 7.12. The summed E-state index contributed by atoms with van der Waals surface area (Å²) in [6.45, 7) is 0. The van der Waals surface area contributed by atoms with Crippen LogP contribution in [0.5, 0.6) is 0 Å². The number of H-pyrrole nitrogens is 1. The third kappa shape index (κ3) is 5.12. The van der Waals surface area contributed by atoms with Crippen molar-refractivity contribution in [2.75, 3.05) is 23.5 Å². The molecule has 6 nitrogen and oxygen atoms in total. The molecule has 3 rings (SSSR count). The number of nitrogens with zero attached hydrogens (tertiary/aromatic N) is 3. The molecular weight excluding hydrogens is 379 g/mol. The highest BCUT2D eigenvalue weighted by molar-refractivity contribution is 7.92. The first-order chi connectivity index (χ1) is 12.6. The lowest BCUT2D eigenvalue weighted by molar-refractivity contribution is -0.129. The van der Waals surface area contributed by atoms with Crippen LogP contribution in [0.4, 0.5) is 19.0 Å². The maximum atomic E-state index is 12.3. The van der Waals surface area contributed by atoms with Crippen molar-refractivity contribution in [3.8, 4) is 0 Å². The Morgan fingerprint density at radius 3 is 2.67 bits per heavy atom. The zero-order chi connectivity index (χ0) is 19.7. The number of rotatable bonds is 6. The topological polar surface area (TPSA) is 85.7 Å². The van der Waals surface area contributed by atoms with Crippen molar-refractivity contribution in [3.05, 3.63) is 18.6 Å². The van der Waals surface area contributed by atoms with Crippen LogP contribution in [0, 0.1) is 10.7 Å². The van der Waals surface area contributed by atoms with Gasteiger partial charge in [0.1, 0.15) is 17.8 Å². The molecule has 0 saturated heterocycles. The maximum absolute atomic E-state index is 12.3. The lowest BCUT2D eigenvalue weighted by atomic mass is 9.86. The van der Waals surface area contributed by atoms with Crippen LogP contribution in [0.25, 0.3) is 11.0 Å². The summed E-state index contributed by atoms with van der Waals surface area (Å²) in [5.74, 6) is 0.363. The van der Waals surface area contributed by atoms with Crippen molar-refractivity contribution in [3.63, 3.8) is 0 Å². The second-order valence-corrected chi connectivity index (χ2v) is 9.64. The van der Waals surface area contributed by atoms with Crippen LogP contribution in [0.3, 0.4) is 0 Å². The zero-order valence-electron chi connectivity index (χ0n) is 15.1. The van der Waals surface area contributed by atoms with Crippen molar-refractivity contribution in [2.45, 2.75) is 44.3 Å². The summed E-state index contributed by atoms with van der Waals surface area (Å²) >= 11 is 0. The Bertz CT molecular complexity index is 872. The van der Waals surface area contributed by atoms with Crippen LogP contribution >= 0.6 is 0 Å². The van der Waals surface area contributed by atoms with E-state index in [9.17, 15) is 17.4 Å². The summed E-state index contributed by atoms with van der Waals surface area (Å²) < 4.78 is 57.0. The van der Waals surface area contributed by atoms with Gasteiger partial charge in [-0.25, -0.2) is 14.2 Å². The third-order valence-electron chi connectivity index (χ3n) is 5.25. The Labute approximate surface area is 156 Å². The van der Waals surface area contributed by atoms with Crippen LogP contribution < -0.4 is 4.90 Å². The molecule has 0 spiro atoms. The monoisotopic (exact) mass is 403 g/mol. The highest BCUT2D eigenvalue weighted by atomic mass is 32.2. The predicted molar refractivity (Wildman–Crippen MR) is 99.3 cm³/mol. The van der Waals surface area contributed by atoms with Gasteiger partial charge in [0.2, 0.25) is 0 Å². The van der Waals surface area contributed by atoms with Crippen molar-refractivity contribution < 1.29 is 17.4 Å². The molecule has 0 amide bonds. The molecule has 2 heterocycles. The number of aromatic amines is 1. The number of fused-ring (bicyclic) bond motifs is 1. The lowest BCUT2D eigenvalue weighted by Crippen LogP contribution is -2.37. The summed E-state index contributed by atoms with van der Waals surface area (Å²) in [5.41, 5.74) is 0.777. The van der Waals surface area contributed by atoms with Crippen LogP contribution in [0.1, 0.15) is 32.1 Å². The van der Waals surface area contributed by atoms with Gasteiger partial charge in [0.15, 0.2) is 0 Å². The van der Waals surface area contributed by atoms with Crippen LogP contribution in [0.2, 0.25) is 0 Å². The first-order valence-electron chi connectivity index (χ1n) is 8.96. The number of halogens is 3. The van der Waals surface area contributed by atoms with Gasteiger partial charge in [0.05, 0.1) is 11.8 Å². The van der Waals surface area contributed by atoms with E-state index < -0.39 is 28.1 Å². The SMILES string of the molecule is CN(c1ncnc2[nH]ccc12)C1CCC(CS(=N)(=O)CCC(F)(F)F)CC1. The second-order valence-electron chi connectivity index (χ2n) is 7.27. The Kier molecular flexibility index (Phi) is 5.64. The van der Waals surface area contributed by atoms with Gasteiger partial charge in [0, 0.05) is 40.5 Å². The van der Waals surface area contributed by atoms with Gasteiger partial charge in [-0.3, -0.25) is 4.78 Å². The van der Waals surface area contributed by atoms with E-state index in [0.29, 0.717) is 0 Å². The molecule has 1 fully saturated rings. The first kappa shape index (κ1) is 19.9. The van der Waals surface area contributed by atoms with E-state index in [1.807, 2.05) is 19.3 Å². The van der Waals surface area contributed by atoms with Gasteiger partial charge in [-0.1, -0.05) is 0 Å². The fourth-order valence-corrected chi connectivity index (χ4v) is 5.58. The molecule has 2 aromatic rings. The molecular formula is C17H24F3N5OS. The van der Waals surface area contributed by atoms with Gasteiger partial charge in [-0.2, -0.15) is 13.2 Å². The minimum absolute atomic E-state index is 0.0468. The number of alkyl halides is 3. The van der Waals surface area contributed by atoms with Crippen molar-refractivity contribution in [1.29, 1.82) is 4.78 Å². The second kappa shape index (κ2) is 7.65. The van der Waals surface area contributed by atoms with Crippen molar-refractivity contribution >= 4 is 26.6 Å². The number of hydrogen-bond donors (Lipinski definition) is 2. The molecule has 0 radical (unpaired) electrons. The Morgan fingerprint density at radius 1 is 1.30 bits per heavy atom. The van der Waals surface area contributed by atoms with Gasteiger partial charge < -0.3 is 9.88 Å². The fourth-order valence-electron chi connectivity index (χ4n) is 3.76. The van der Waals surface area contributed by atoms with E-state index in [1.165, 1.54) is 6.33 Å². The largest absolute Gasteiger partial charge is 0.390 e. The summed E-state index contributed by atoms with van der Waals surface area (Å²) in [7, 11) is -1.20. The molecule has 1 saturated carbocycles. The fraction of sp³-hybridized carbons (Fsp3) is 0.647. The number of nitrogens with one attached hydrogen (secondary N) is 2. The zero-order valence-corrected chi connectivity index (χ0v) is 15.9. The van der Waals surface area contributed by atoms with Gasteiger partial charge in [0.25, 0.3) is 0 Å². The molecule has 150 valence electrons. The minimum atomic E-state index is -4.36. The molecule has 2 N–H and O–H groups in total. The quantitative estimate of drug-likeness (QED) is 0.765. The van der Waals surface area contributed by atoms with Crippen LogP contribution in [-0.4, -0.2) is 49.9 Å². The van der Waals surface area contributed by atoms with E-state index in [0.717, 1.165) is 42.5 Å². The molecule has 1 unspecified atom stereocenters. The van der Waals surface area contributed by atoms with Crippen LogP contribution in [0.15, 0.2) is 18.6 Å². The summed E-state index contributed by atoms with van der Waals surface area (Å²) in [4.78, 5) is 13.8. The highest BCUT2D eigenvalue weighted by Gasteiger charge is 2.31. The molecule has 0 aliphatic heterocycles. The average Bonchev–Trinajstić information content (AvgIpc) is 3.08. The number of hydrogen-bond acceptors (Lipinski definition) is 5. The lowest BCUT2D eigenvalue weighted by Gasteiger charge is -2.35. The molecule has 0 aromatic carbocycles. The molecule has 1 aliphatic carbocycles. The smallest absolute Gasteiger partial charge is 0.356 e. The standard InChI is InChI=1S/C17H24F3N5OS/c1-25(16-14-6-8-22-15(14)23-11-24-16)13-4-2-12(3-5-13)10-27(21,26)9-7-17(18,19)20/h6,8,11-13,21H,2-5,7,9-10H2,1H3,(H,22,23,24). The predicted octanol–water partition coefficient (Wildman–Crippen LogP) is 3.95. The molecule has 1 atom stereocenters. The molecule has 10 heteroatoms. The average molecular weight is 403 g/mol. The Hall–Kier alpha value is -1.84. The Morgan fingerprint density at radius 2 is 2.00 bits per heavy atom. The maximum Gasteiger partial charge on any atom is 0.390 e. The van der Waals surface area contributed by atoms with E-state index in [2.05, 4.69) is 19.9 Å². The van der Waals surface area contributed by atoms with Crippen molar-refractivity contribution in [2.24, 2.45) is 5.92 Å². The number of aromatic nitrogens is 3. The molecule has 2 aromatic heterocycles. The van der Waals surface area contributed by atoms with Crippen LogP contribution in [-0.2, 0) is 9.73 Å². The first-order valence-corrected chi connectivity index (χ1v) is 10.9. The summed E-state index contributed by atoms with van der Waals surface area (Å²) in [6, 6.07) is 2.19. The van der Waals surface area contributed by atoms with E-state index in [1.54, 1.807) is 0 Å². The minimum Gasteiger partial charge on any atom is -0.356 e. The summed E-state index contributed by atoms with van der Waals surface area (Å²) in [6.07, 6.45) is 1.04. The Balaban J connectivity index is 1.56. The van der Waals surface area contributed by atoms with E-state index in [4.69, 9.17) is 4.78 Å². The van der Waals surface area contributed by atoms with Gasteiger partial charge in [-0.05, 0) is 37.7 Å². The van der Waals surface area contributed by atoms with Gasteiger partial charge >= 0.3 is 6.18 Å².